The lowest BCUT2D eigenvalue weighted by Gasteiger charge is -2.16. The summed E-state index contributed by atoms with van der Waals surface area (Å²) in [5, 5.41) is 2.79. The van der Waals surface area contributed by atoms with Crippen molar-refractivity contribution in [2.75, 3.05) is 6.54 Å². The van der Waals surface area contributed by atoms with Gasteiger partial charge in [-0.3, -0.25) is 9.59 Å². The van der Waals surface area contributed by atoms with Crippen LogP contribution in [0.1, 0.15) is 53.7 Å². The number of esters is 1. The second-order valence-corrected chi connectivity index (χ2v) is 7.09. The number of aryl methyl sites for hydroxylation is 1. The number of rotatable bonds is 5. The lowest BCUT2D eigenvalue weighted by atomic mass is 9.90. The van der Waals surface area contributed by atoms with Gasteiger partial charge < -0.3 is 10.1 Å². The fourth-order valence-corrected chi connectivity index (χ4v) is 3.63. The van der Waals surface area contributed by atoms with Crippen molar-refractivity contribution in [3.8, 4) is 0 Å². The number of hydrogen-bond acceptors (Lipinski definition) is 4. The molecule has 116 valence electrons. The lowest BCUT2D eigenvalue weighted by molar-refractivity contribution is -0.147. The topological polar surface area (TPSA) is 55.4 Å². The maximum Gasteiger partial charge on any atom is 0.307 e. The molecule has 0 unspecified atom stereocenters. The van der Waals surface area contributed by atoms with Gasteiger partial charge in [0.2, 0.25) is 0 Å². The van der Waals surface area contributed by atoms with Crippen LogP contribution in [0.4, 0.5) is 0 Å². The summed E-state index contributed by atoms with van der Waals surface area (Å²) in [4.78, 5) is 25.6. The molecule has 0 saturated heterocycles. The molecule has 1 aromatic rings. The molecule has 0 aromatic carbocycles. The highest BCUT2D eigenvalue weighted by molar-refractivity contribution is 7.14. The Bertz CT molecular complexity index is 522. The van der Waals surface area contributed by atoms with Gasteiger partial charge in [-0.05, 0) is 50.7 Å². The Morgan fingerprint density at radius 1 is 1.48 bits per heavy atom. The molecule has 1 aliphatic rings. The minimum Gasteiger partial charge on any atom is -0.463 e. The van der Waals surface area contributed by atoms with E-state index in [0.29, 0.717) is 12.5 Å². The zero-order valence-corrected chi connectivity index (χ0v) is 13.7. The van der Waals surface area contributed by atoms with Crippen molar-refractivity contribution >= 4 is 23.2 Å². The van der Waals surface area contributed by atoms with E-state index in [4.69, 9.17) is 4.74 Å². The van der Waals surface area contributed by atoms with E-state index in [9.17, 15) is 9.59 Å². The monoisotopic (exact) mass is 309 g/mol. The Balaban J connectivity index is 1.83. The quantitative estimate of drug-likeness (QED) is 0.851. The molecule has 4 nitrogen and oxygen atoms in total. The third-order valence-corrected chi connectivity index (χ3v) is 4.77. The van der Waals surface area contributed by atoms with Crippen molar-refractivity contribution in [3.63, 3.8) is 0 Å². The molecule has 1 N–H and O–H groups in total. The van der Waals surface area contributed by atoms with Crippen molar-refractivity contribution in [1.29, 1.82) is 0 Å². The summed E-state index contributed by atoms with van der Waals surface area (Å²) in [5.41, 5.74) is 1.32. The molecule has 0 aliphatic heterocycles. The highest BCUT2D eigenvalue weighted by Crippen LogP contribution is 2.32. The molecular weight excluding hydrogens is 286 g/mol. The first kappa shape index (κ1) is 16.0. The van der Waals surface area contributed by atoms with Crippen LogP contribution in [-0.2, 0) is 22.4 Å². The fourth-order valence-electron chi connectivity index (χ4n) is 2.50. The van der Waals surface area contributed by atoms with Gasteiger partial charge in [0.05, 0.1) is 17.4 Å². The van der Waals surface area contributed by atoms with Crippen molar-refractivity contribution in [3.05, 3.63) is 21.4 Å². The molecule has 5 heteroatoms. The first-order valence-corrected chi connectivity index (χ1v) is 8.36. The number of hydrogen-bond donors (Lipinski definition) is 1. The standard InChI is InChI=1S/C16H23NO3S/c1-10(2)20-15(18)6-7-17-16(19)14-9-12-8-11(3)4-5-13(12)21-14/h9-11H,4-8H2,1-3H3,(H,17,19)/t11-/m0/s1. The average Bonchev–Trinajstić information content (AvgIpc) is 2.80. The number of ether oxygens (including phenoxy) is 1. The summed E-state index contributed by atoms with van der Waals surface area (Å²) < 4.78 is 5.03. The first-order chi connectivity index (χ1) is 9.95. The second kappa shape index (κ2) is 7.07. The molecule has 0 fully saturated rings. The second-order valence-electron chi connectivity index (χ2n) is 5.95. The van der Waals surface area contributed by atoms with Gasteiger partial charge in [-0.15, -0.1) is 11.3 Å². The van der Waals surface area contributed by atoms with E-state index in [1.165, 1.54) is 16.9 Å². The third kappa shape index (κ3) is 4.56. The summed E-state index contributed by atoms with van der Waals surface area (Å²) in [7, 11) is 0. The molecule has 21 heavy (non-hydrogen) atoms. The maximum atomic E-state index is 12.1. The Morgan fingerprint density at radius 3 is 2.95 bits per heavy atom. The van der Waals surface area contributed by atoms with Gasteiger partial charge in [-0.25, -0.2) is 0 Å². The van der Waals surface area contributed by atoms with Crippen LogP contribution in [0.3, 0.4) is 0 Å². The molecule has 1 amide bonds. The number of fused-ring (bicyclic) bond motifs is 1. The highest BCUT2D eigenvalue weighted by Gasteiger charge is 2.20. The van der Waals surface area contributed by atoms with Gasteiger partial charge in [-0.2, -0.15) is 0 Å². The number of carbonyl (C=O) groups excluding carboxylic acids is 2. The van der Waals surface area contributed by atoms with Gasteiger partial charge in [0.15, 0.2) is 0 Å². The van der Waals surface area contributed by atoms with Crippen LogP contribution in [0, 0.1) is 5.92 Å². The molecule has 0 radical (unpaired) electrons. The van der Waals surface area contributed by atoms with Gasteiger partial charge in [0.25, 0.3) is 5.91 Å². The summed E-state index contributed by atoms with van der Waals surface area (Å²) in [6.07, 6.45) is 3.45. The van der Waals surface area contributed by atoms with Crippen molar-refractivity contribution in [2.24, 2.45) is 5.92 Å². The molecule has 2 rings (SSSR count). The largest absolute Gasteiger partial charge is 0.463 e. The smallest absolute Gasteiger partial charge is 0.307 e. The summed E-state index contributed by atoms with van der Waals surface area (Å²) in [6, 6.07) is 2.01. The molecule has 1 heterocycles. The van der Waals surface area contributed by atoms with Crippen LogP contribution in [0.25, 0.3) is 0 Å². The lowest BCUT2D eigenvalue weighted by Crippen LogP contribution is -2.26. The van der Waals surface area contributed by atoms with Crippen LogP contribution >= 0.6 is 11.3 Å². The van der Waals surface area contributed by atoms with E-state index < -0.39 is 0 Å². The first-order valence-electron chi connectivity index (χ1n) is 7.55. The number of nitrogens with one attached hydrogen (secondary N) is 1. The Labute approximate surface area is 129 Å². The van der Waals surface area contributed by atoms with Gasteiger partial charge in [-0.1, -0.05) is 6.92 Å². The SMILES string of the molecule is CC(C)OC(=O)CCNC(=O)c1cc2c(s1)CC[C@H](C)C2. The normalized spacial score (nSPS) is 17.4. The maximum absolute atomic E-state index is 12.1. The third-order valence-electron chi connectivity index (χ3n) is 3.53. The average molecular weight is 309 g/mol. The van der Waals surface area contributed by atoms with Crippen LogP contribution < -0.4 is 5.32 Å². The fraction of sp³-hybridized carbons (Fsp3) is 0.625. The van der Waals surface area contributed by atoms with E-state index in [1.807, 2.05) is 19.9 Å². The van der Waals surface area contributed by atoms with Crippen LogP contribution in [0.2, 0.25) is 0 Å². The van der Waals surface area contributed by atoms with Crippen LogP contribution in [-0.4, -0.2) is 24.5 Å². The molecular formula is C16H23NO3S. The summed E-state index contributed by atoms with van der Waals surface area (Å²) in [5.74, 6) is 0.345. The van der Waals surface area contributed by atoms with Gasteiger partial charge in [0, 0.05) is 11.4 Å². The Hall–Kier alpha value is -1.36. The summed E-state index contributed by atoms with van der Waals surface area (Å²) >= 11 is 1.59. The predicted molar refractivity (Wildman–Crippen MR) is 83.7 cm³/mol. The zero-order chi connectivity index (χ0) is 15.4. The molecule has 1 atom stereocenters. The highest BCUT2D eigenvalue weighted by atomic mass is 32.1. The van der Waals surface area contributed by atoms with E-state index in [1.54, 1.807) is 11.3 Å². The van der Waals surface area contributed by atoms with Crippen LogP contribution in [0.5, 0.6) is 0 Å². The zero-order valence-electron chi connectivity index (χ0n) is 12.9. The van der Waals surface area contributed by atoms with Crippen molar-refractivity contribution in [2.45, 2.75) is 52.6 Å². The minimum atomic E-state index is -0.274. The Morgan fingerprint density at radius 2 is 2.24 bits per heavy atom. The molecule has 1 aromatic heterocycles. The van der Waals surface area contributed by atoms with Crippen LogP contribution in [0.15, 0.2) is 6.07 Å². The van der Waals surface area contributed by atoms with E-state index >= 15 is 0 Å². The van der Waals surface area contributed by atoms with Gasteiger partial charge in [0.1, 0.15) is 0 Å². The molecule has 0 spiro atoms. The molecule has 1 aliphatic carbocycles. The predicted octanol–water partition coefficient (Wildman–Crippen LogP) is 2.94. The van der Waals surface area contributed by atoms with Gasteiger partial charge >= 0.3 is 5.97 Å². The number of amides is 1. The minimum absolute atomic E-state index is 0.0839. The Kier molecular flexibility index (Phi) is 5.39. The summed E-state index contributed by atoms with van der Waals surface area (Å²) in [6.45, 7) is 6.20. The van der Waals surface area contributed by atoms with E-state index in [-0.39, 0.29) is 24.4 Å². The van der Waals surface area contributed by atoms with E-state index in [2.05, 4.69) is 12.2 Å². The van der Waals surface area contributed by atoms with Crippen molar-refractivity contribution in [1.82, 2.24) is 5.32 Å². The van der Waals surface area contributed by atoms with E-state index in [0.717, 1.165) is 17.7 Å². The van der Waals surface area contributed by atoms with Crippen molar-refractivity contribution < 1.29 is 14.3 Å². The molecule has 0 saturated carbocycles. The number of carbonyl (C=O) groups is 2. The number of thiophene rings is 1. The molecule has 0 bridgehead atoms.